The van der Waals surface area contributed by atoms with Crippen molar-refractivity contribution in [2.75, 3.05) is 12.0 Å². The van der Waals surface area contributed by atoms with E-state index in [4.69, 9.17) is 16.3 Å². The molecule has 1 saturated heterocycles. The van der Waals surface area contributed by atoms with Gasteiger partial charge < -0.3 is 9.84 Å². The Morgan fingerprint density at radius 3 is 2.60 bits per heavy atom. The zero-order chi connectivity index (χ0) is 24.7. The number of hydrogen-bond donors (Lipinski definition) is 1. The van der Waals surface area contributed by atoms with E-state index >= 15 is 0 Å². The number of ether oxygens (including phenoxy) is 1. The number of halogens is 1. The van der Waals surface area contributed by atoms with Crippen LogP contribution >= 0.6 is 22.9 Å². The van der Waals surface area contributed by atoms with Crippen LogP contribution in [0.4, 0.5) is 5.13 Å². The molecular formula is C27H21ClN2O4S. The predicted octanol–water partition coefficient (Wildman–Crippen LogP) is 6.15. The Morgan fingerprint density at radius 1 is 1.11 bits per heavy atom. The molecule has 1 aliphatic rings. The lowest BCUT2D eigenvalue weighted by atomic mass is 9.95. The molecule has 1 fully saturated rings. The van der Waals surface area contributed by atoms with Gasteiger partial charge in [0.05, 0.1) is 28.9 Å². The monoisotopic (exact) mass is 504 g/mol. The third-order valence-electron chi connectivity index (χ3n) is 6.03. The summed E-state index contributed by atoms with van der Waals surface area (Å²) in [6.45, 7) is 2.07. The quantitative estimate of drug-likeness (QED) is 0.200. The van der Waals surface area contributed by atoms with E-state index in [1.54, 1.807) is 55.6 Å². The zero-order valence-corrected chi connectivity index (χ0v) is 20.6. The molecule has 6 nitrogen and oxygen atoms in total. The van der Waals surface area contributed by atoms with Crippen LogP contribution in [0.2, 0.25) is 5.02 Å². The zero-order valence-electron chi connectivity index (χ0n) is 19.0. The number of rotatable bonds is 5. The van der Waals surface area contributed by atoms with E-state index in [0.717, 1.165) is 22.2 Å². The average molecular weight is 505 g/mol. The Kier molecular flexibility index (Phi) is 6.05. The van der Waals surface area contributed by atoms with Gasteiger partial charge in [-0.05, 0) is 66.1 Å². The van der Waals surface area contributed by atoms with Gasteiger partial charge in [-0.1, -0.05) is 48.1 Å². The Bertz CT molecular complexity index is 1490. The summed E-state index contributed by atoms with van der Waals surface area (Å²) in [5.41, 5.74) is 2.89. The molecule has 1 N–H and O–H groups in total. The number of benzene rings is 3. The van der Waals surface area contributed by atoms with Crippen molar-refractivity contribution >= 4 is 55.7 Å². The highest BCUT2D eigenvalue weighted by molar-refractivity contribution is 7.22. The standard InChI is InChI=1S/C27H21ClN2O4S/c1-3-15-7-12-20-21(13-15)35-27(29-20)30-23(17-5-4-6-19(14-17)34-2)22(25(32)26(30)33)24(31)16-8-10-18(28)11-9-16/h4-14,23,31H,3H2,1-2H3. The maximum atomic E-state index is 13.4. The lowest BCUT2D eigenvalue weighted by Crippen LogP contribution is -2.29. The van der Waals surface area contributed by atoms with Gasteiger partial charge in [-0.15, -0.1) is 0 Å². The third kappa shape index (κ3) is 4.07. The first-order valence-electron chi connectivity index (χ1n) is 11.0. The third-order valence-corrected chi connectivity index (χ3v) is 7.30. The van der Waals surface area contributed by atoms with E-state index in [2.05, 4.69) is 11.9 Å². The lowest BCUT2D eigenvalue weighted by Gasteiger charge is -2.23. The highest BCUT2D eigenvalue weighted by Gasteiger charge is 2.48. The molecular weight excluding hydrogens is 484 g/mol. The summed E-state index contributed by atoms with van der Waals surface area (Å²) in [6, 6.07) is 18.6. The first-order valence-corrected chi connectivity index (χ1v) is 12.2. The number of anilines is 1. The molecule has 1 amide bonds. The number of nitrogens with zero attached hydrogens (tertiary/aromatic N) is 2. The number of hydrogen-bond acceptors (Lipinski definition) is 6. The molecule has 176 valence electrons. The van der Waals surface area contributed by atoms with Crippen LogP contribution in [0.3, 0.4) is 0 Å². The first kappa shape index (κ1) is 23.1. The largest absolute Gasteiger partial charge is 0.507 e. The lowest BCUT2D eigenvalue weighted by molar-refractivity contribution is -0.132. The summed E-state index contributed by atoms with van der Waals surface area (Å²) in [5.74, 6) is -1.23. The number of fused-ring (bicyclic) bond motifs is 1. The maximum absolute atomic E-state index is 13.4. The average Bonchev–Trinajstić information content (AvgIpc) is 3.41. The fraction of sp³-hybridized carbons (Fsp3) is 0.148. The van der Waals surface area contributed by atoms with Gasteiger partial charge in [-0.3, -0.25) is 14.5 Å². The molecule has 5 rings (SSSR count). The van der Waals surface area contributed by atoms with Crippen LogP contribution in [0.15, 0.2) is 72.3 Å². The molecule has 8 heteroatoms. The van der Waals surface area contributed by atoms with Crippen molar-refractivity contribution in [3.8, 4) is 5.75 Å². The van der Waals surface area contributed by atoms with Gasteiger partial charge in [-0.25, -0.2) is 4.98 Å². The molecule has 0 spiro atoms. The van der Waals surface area contributed by atoms with E-state index in [1.165, 1.54) is 16.2 Å². The van der Waals surface area contributed by atoms with E-state index in [-0.39, 0.29) is 11.3 Å². The van der Waals surface area contributed by atoms with Crippen molar-refractivity contribution in [1.29, 1.82) is 0 Å². The number of ketones is 1. The molecule has 35 heavy (non-hydrogen) atoms. The van der Waals surface area contributed by atoms with Crippen molar-refractivity contribution in [2.24, 2.45) is 0 Å². The van der Waals surface area contributed by atoms with Crippen molar-refractivity contribution in [3.05, 3.63) is 94.0 Å². The number of carbonyl (C=O) groups is 2. The van der Waals surface area contributed by atoms with Gasteiger partial charge in [0.25, 0.3) is 5.78 Å². The van der Waals surface area contributed by atoms with Gasteiger partial charge >= 0.3 is 5.91 Å². The molecule has 0 bridgehead atoms. The Labute approximate surface area is 211 Å². The van der Waals surface area contributed by atoms with Crippen LogP contribution in [-0.2, 0) is 16.0 Å². The Hall–Kier alpha value is -3.68. The number of methoxy groups -OCH3 is 1. The first-order chi connectivity index (χ1) is 16.9. The number of aromatic nitrogens is 1. The number of aryl methyl sites for hydroxylation is 1. The van der Waals surface area contributed by atoms with Crippen molar-refractivity contribution in [1.82, 2.24) is 4.98 Å². The number of aliphatic hydroxyl groups is 1. The minimum absolute atomic E-state index is 0.0147. The van der Waals surface area contributed by atoms with Crippen LogP contribution < -0.4 is 9.64 Å². The molecule has 1 aliphatic heterocycles. The van der Waals surface area contributed by atoms with Gasteiger partial charge in [0.1, 0.15) is 11.5 Å². The molecule has 1 unspecified atom stereocenters. The van der Waals surface area contributed by atoms with E-state index in [9.17, 15) is 14.7 Å². The maximum Gasteiger partial charge on any atom is 0.301 e. The van der Waals surface area contributed by atoms with Gasteiger partial charge in [0, 0.05) is 10.6 Å². The summed E-state index contributed by atoms with van der Waals surface area (Å²) in [5, 5.41) is 12.1. The highest BCUT2D eigenvalue weighted by atomic mass is 35.5. The van der Waals surface area contributed by atoms with Gasteiger partial charge in [0.15, 0.2) is 5.13 Å². The minimum atomic E-state index is -0.882. The van der Waals surface area contributed by atoms with E-state index < -0.39 is 17.7 Å². The highest BCUT2D eigenvalue weighted by Crippen LogP contribution is 2.45. The summed E-state index contributed by atoms with van der Waals surface area (Å²) in [7, 11) is 1.54. The Balaban J connectivity index is 1.72. The second-order valence-electron chi connectivity index (χ2n) is 8.10. The molecule has 1 aromatic heterocycles. The number of carbonyl (C=O) groups excluding carboxylic acids is 2. The fourth-order valence-corrected chi connectivity index (χ4v) is 5.38. The van der Waals surface area contributed by atoms with Crippen molar-refractivity contribution in [3.63, 3.8) is 0 Å². The molecule has 0 saturated carbocycles. The van der Waals surface area contributed by atoms with Crippen LogP contribution in [0, 0.1) is 0 Å². The van der Waals surface area contributed by atoms with Gasteiger partial charge in [0.2, 0.25) is 0 Å². The summed E-state index contributed by atoms with van der Waals surface area (Å²) in [6.07, 6.45) is 0.874. The van der Waals surface area contributed by atoms with E-state index in [1.807, 2.05) is 18.2 Å². The number of thiazole rings is 1. The Morgan fingerprint density at radius 2 is 1.89 bits per heavy atom. The summed E-state index contributed by atoms with van der Waals surface area (Å²) >= 11 is 7.34. The fourth-order valence-electron chi connectivity index (χ4n) is 4.20. The second kappa shape index (κ2) is 9.17. The van der Waals surface area contributed by atoms with Gasteiger partial charge in [-0.2, -0.15) is 0 Å². The molecule has 1 atom stereocenters. The van der Waals surface area contributed by atoms with Crippen molar-refractivity contribution in [2.45, 2.75) is 19.4 Å². The molecule has 4 aromatic rings. The normalized spacial score (nSPS) is 17.3. The van der Waals surface area contributed by atoms with Crippen LogP contribution in [0.25, 0.3) is 16.0 Å². The minimum Gasteiger partial charge on any atom is -0.507 e. The molecule has 3 aromatic carbocycles. The number of Topliss-reactive ketones (excluding diaryl/α,β-unsaturated/α-hetero) is 1. The summed E-state index contributed by atoms with van der Waals surface area (Å²) in [4.78, 5) is 32.8. The molecule has 2 heterocycles. The topological polar surface area (TPSA) is 79.7 Å². The van der Waals surface area contributed by atoms with Crippen LogP contribution in [0.1, 0.15) is 29.7 Å². The van der Waals surface area contributed by atoms with Crippen molar-refractivity contribution < 1.29 is 19.4 Å². The van der Waals surface area contributed by atoms with Crippen LogP contribution in [-0.4, -0.2) is 28.9 Å². The van der Waals surface area contributed by atoms with E-state index in [0.29, 0.717) is 27.0 Å². The number of amides is 1. The van der Waals surface area contributed by atoms with Crippen LogP contribution in [0.5, 0.6) is 5.75 Å². The second-order valence-corrected chi connectivity index (χ2v) is 9.55. The number of aliphatic hydroxyl groups excluding tert-OH is 1. The molecule has 0 aliphatic carbocycles. The summed E-state index contributed by atoms with van der Waals surface area (Å²) < 4.78 is 6.30. The SMILES string of the molecule is CCc1ccc2nc(N3C(=O)C(=O)C(=C(O)c4ccc(Cl)cc4)C3c3cccc(OC)c3)sc2c1. The predicted molar refractivity (Wildman–Crippen MR) is 138 cm³/mol. The smallest absolute Gasteiger partial charge is 0.301 e. The molecule has 0 radical (unpaired) electrons.